The number of carboxylic acids is 1. The molecule has 1 aromatic heterocycles. The summed E-state index contributed by atoms with van der Waals surface area (Å²) in [6, 6.07) is 12.1. The SMILES string of the molecule is Cc1ccsc1C(Cc1ccccc1)NC(=O)CCCCC(=O)O. The fourth-order valence-electron chi connectivity index (χ4n) is 2.63. The van der Waals surface area contributed by atoms with E-state index in [1.807, 2.05) is 23.6 Å². The molecule has 128 valence electrons. The van der Waals surface area contributed by atoms with Crippen molar-refractivity contribution >= 4 is 23.2 Å². The number of aliphatic carboxylic acids is 1. The Balaban J connectivity index is 1.97. The highest BCUT2D eigenvalue weighted by Gasteiger charge is 2.18. The number of amides is 1. The van der Waals surface area contributed by atoms with Crippen LogP contribution in [0.15, 0.2) is 41.8 Å². The predicted molar refractivity (Wildman–Crippen MR) is 96.2 cm³/mol. The van der Waals surface area contributed by atoms with Crippen LogP contribution in [0.1, 0.15) is 47.7 Å². The van der Waals surface area contributed by atoms with E-state index in [1.54, 1.807) is 11.3 Å². The third-order valence-electron chi connectivity index (χ3n) is 3.88. The summed E-state index contributed by atoms with van der Waals surface area (Å²) in [5, 5.41) is 13.8. The lowest BCUT2D eigenvalue weighted by Gasteiger charge is -2.19. The molecule has 1 unspecified atom stereocenters. The van der Waals surface area contributed by atoms with Crippen LogP contribution in [0.3, 0.4) is 0 Å². The molecule has 2 aromatic rings. The van der Waals surface area contributed by atoms with Crippen molar-refractivity contribution in [3.63, 3.8) is 0 Å². The predicted octanol–water partition coefficient (Wildman–Crippen LogP) is 4.10. The summed E-state index contributed by atoms with van der Waals surface area (Å²) in [6.45, 7) is 2.06. The number of carboxylic acid groups (broad SMARTS) is 1. The first kappa shape index (κ1) is 18.2. The van der Waals surface area contributed by atoms with Gasteiger partial charge in [0.25, 0.3) is 0 Å². The molecular weight excluding hydrogens is 322 g/mol. The zero-order chi connectivity index (χ0) is 17.4. The Kier molecular flexibility index (Phi) is 7.00. The van der Waals surface area contributed by atoms with Crippen LogP contribution in [0.5, 0.6) is 0 Å². The van der Waals surface area contributed by atoms with E-state index in [0.717, 1.165) is 6.42 Å². The number of unbranched alkanes of at least 4 members (excludes halogenated alkanes) is 1. The molecule has 0 aliphatic rings. The van der Waals surface area contributed by atoms with Gasteiger partial charge in [-0.15, -0.1) is 11.3 Å². The lowest BCUT2D eigenvalue weighted by molar-refractivity contribution is -0.137. The largest absolute Gasteiger partial charge is 0.481 e. The molecule has 0 radical (unpaired) electrons. The number of nitrogens with one attached hydrogen (secondary N) is 1. The zero-order valence-corrected chi connectivity index (χ0v) is 14.6. The Labute approximate surface area is 146 Å². The van der Waals surface area contributed by atoms with E-state index in [2.05, 4.69) is 30.4 Å². The van der Waals surface area contributed by atoms with Crippen LogP contribution in [0.25, 0.3) is 0 Å². The number of benzene rings is 1. The van der Waals surface area contributed by atoms with Gasteiger partial charge >= 0.3 is 5.97 Å². The maximum atomic E-state index is 12.2. The lowest BCUT2D eigenvalue weighted by atomic mass is 10.0. The molecule has 1 aromatic carbocycles. The van der Waals surface area contributed by atoms with Gasteiger partial charge in [0.1, 0.15) is 0 Å². The molecule has 1 heterocycles. The topological polar surface area (TPSA) is 66.4 Å². The van der Waals surface area contributed by atoms with Crippen molar-refractivity contribution in [3.8, 4) is 0 Å². The lowest BCUT2D eigenvalue weighted by Crippen LogP contribution is -2.29. The molecule has 0 saturated heterocycles. The Hall–Kier alpha value is -2.14. The molecule has 24 heavy (non-hydrogen) atoms. The molecule has 1 atom stereocenters. The molecule has 0 spiro atoms. The van der Waals surface area contributed by atoms with Crippen molar-refractivity contribution in [2.24, 2.45) is 0 Å². The number of rotatable bonds is 9. The third-order valence-corrected chi connectivity index (χ3v) is 5.01. The summed E-state index contributed by atoms with van der Waals surface area (Å²) in [4.78, 5) is 23.9. The highest BCUT2D eigenvalue weighted by Crippen LogP contribution is 2.27. The van der Waals surface area contributed by atoms with Crippen LogP contribution in [-0.4, -0.2) is 17.0 Å². The molecule has 0 aliphatic heterocycles. The summed E-state index contributed by atoms with van der Waals surface area (Å²) in [5.74, 6) is -0.833. The summed E-state index contributed by atoms with van der Waals surface area (Å²) >= 11 is 1.66. The van der Waals surface area contributed by atoms with Crippen molar-refractivity contribution < 1.29 is 14.7 Å². The van der Waals surface area contributed by atoms with E-state index >= 15 is 0 Å². The minimum Gasteiger partial charge on any atom is -0.481 e. The van der Waals surface area contributed by atoms with Crippen molar-refractivity contribution in [1.29, 1.82) is 0 Å². The number of thiophene rings is 1. The molecule has 2 rings (SSSR count). The van der Waals surface area contributed by atoms with Gasteiger partial charge < -0.3 is 10.4 Å². The van der Waals surface area contributed by atoms with E-state index < -0.39 is 5.97 Å². The van der Waals surface area contributed by atoms with Gasteiger partial charge in [-0.3, -0.25) is 9.59 Å². The summed E-state index contributed by atoms with van der Waals surface area (Å²) in [6.07, 6.45) is 2.36. The van der Waals surface area contributed by atoms with Gasteiger partial charge in [-0.1, -0.05) is 30.3 Å². The molecule has 0 aliphatic carbocycles. The van der Waals surface area contributed by atoms with Crippen LogP contribution in [0.2, 0.25) is 0 Å². The number of carbonyl (C=O) groups is 2. The standard InChI is InChI=1S/C19H23NO3S/c1-14-11-12-24-19(14)16(13-15-7-3-2-4-8-15)20-17(21)9-5-6-10-18(22)23/h2-4,7-8,11-12,16H,5-6,9-10,13H2,1H3,(H,20,21)(H,22,23). The summed E-state index contributed by atoms with van der Waals surface area (Å²) in [7, 11) is 0. The van der Waals surface area contributed by atoms with Crippen molar-refractivity contribution in [2.75, 3.05) is 0 Å². The Bertz CT molecular complexity index is 666. The molecular formula is C19H23NO3S. The Morgan fingerprint density at radius 2 is 1.83 bits per heavy atom. The second-order valence-corrected chi connectivity index (χ2v) is 6.83. The van der Waals surface area contributed by atoms with E-state index in [9.17, 15) is 9.59 Å². The van der Waals surface area contributed by atoms with Crippen LogP contribution in [0.4, 0.5) is 0 Å². The average Bonchev–Trinajstić information content (AvgIpc) is 2.98. The first-order valence-corrected chi connectivity index (χ1v) is 9.03. The van der Waals surface area contributed by atoms with Crippen LogP contribution >= 0.6 is 11.3 Å². The highest BCUT2D eigenvalue weighted by molar-refractivity contribution is 7.10. The fraction of sp³-hybridized carbons (Fsp3) is 0.368. The van der Waals surface area contributed by atoms with Gasteiger partial charge in [0.15, 0.2) is 0 Å². The van der Waals surface area contributed by atoms with Crippen LogP contribution in [-0.2, 0) is 16.0 Å². The minimum absolute atomic E-state index is 0.0193. The van der Waals surface area contributed by atoms with E-state index in [4.69, 9.17) is 5.11 Å². The van der Waals surface area contributed by atoms with E-state index in [0.29, 0.717) is 19.3 Å². The smallest absolute Gasteiger partial charge is 0.303 e. The minimum atomic E-state index is -0.813. The maximum Gasteiger partial charge on any atom is 0.303 e. The quantitative estimate of drug-likeness (QED) is 0.672. The van der Waals surface area contributed by atoms with Crippen molar-refractivity contribution in [2.45, 2.75) is 45.1 Å². The molecule has 0 saturated carbocycles. The van der Waals surface area contributed by atoms with Gasteiger partial charge in [-0.25, -0.2) is 0 Å². The van der Waals surface area contributed by atoms with Crippen molar-refractivity contribution in [1.82, 2.24) is 5.32 Å². The first-order valence-electron chi connectivity index (χ1n) is 8.15. The van der Waals surface area contributed by atoms with Crippen LogP contribution in [0, 0.1) is 6.92 Å². The molecule has 2 N–H and O–H groups in total. The van der Waals surface area contributed by atoms with Gasteiger partial charge in [0, 0.05) is 17.7 Å². The zero-order valence-electron chi connectivity index (χ0n) is 13.8. The fourth-order valence-corrected chi connectivity index (χ4v) is 3.61. The normalized spacial score (nSPS) is 11.9. The average molecular weight is 345 g/mol. The monoisotopic (exact) mass is 345 g/mol. The molecule has 0 fully saturated rings. The van der Waals surface area contributed by atoms with Gasteiger partial charge in [0.2, 0.25) is 5.91 Å². The first-order chi connectivity index (χ1) is 11.6. The number of hydrogen-bond acceptors (Lipinski definition) is 3. The third kappa shape index (κ3) is 5.81. The summed E-state index contributed by atoms with van der Waals surface area (Å²) in [5.41, 5.74) is 2.37. The van der Waals surface area contributed by atoms with E-state index in [1.165, 1.54) is 16.0 Å². The van der Waals surface area contributed by atoms with E-state index in [-0.39, 0.29) is 18.4 Å². The number of hydrogen-bond donors (Lipinski definition) is 2. The molecule has 4 nitrogen and oxygen atoms in total. The van der Waals surface area contributed by atoms with Gasteiger partial charge in [-0.05, 0) is 48.8 Å². The Morgan fingerprint density at radius 1 is 1.12 bits per heavy atom. The van der Waals surface area contributed by atoms with Gasteiger partial charge in [-0.2, -0.15) is 0 Å². The van der Waals surface area contributed by atoms with Crippen molar-refractivity contribution in [3.05, 3.63) is 57.8 Å². The maximum absolute atomic E-state index is 12.2. The van der Waals surface area contributed by atoms with Crippen LogP contribution < -0.4 is 5.32 Å². The highest BCUT2D eigenvalue weighted by atomic mass is 32.1. The van der Waals surface area contributed by atoms with Gasteiger partial charge in [0.05, 0.1) is 6.04 Å². The second kappa shape index (κ2) is 9.23. The molecule has 0 bridgehead atoms. The second-order valence-electron chi connectivity index (χ2n) is 5.88. The number of aryl methyl sites for hydroxylation is 1. The molecule has 1 amide bonds. The summed E-state index contributed by atoms with van der Waals surface area (Å²) < 4.78 is 0. The molecule has 5 heteroatoms. The number of carbonyl (C=O) groups excluding carboxylic acids is 1. The Morgan fingerprint density at radius 3 is 2.46 bits per heavy atom.